The van der Waals surface area contributed by atoms with Crippen molar-refractivity contribution in [1.29, 1.82) is 0 Å². The van der Waals surface area contributed by atoms with E-state index in [9.17, 15) is 58.2 Å². The third-order valence-electron chi connectivity index (χ3n) is 15.5. The van der Waals surface area contributed by atoms with Gasteiger partial charge in [0.25, 0.3) is 0 Å². The number of cyclic esters (lactones) is 2. The van der Waals surface area contributed by atoms with Crippen molar-refractivity contribution in [3.63, 3.8) is 0 Å². The zero-order chi connectivity index (χ0) is 59.3. The Labute approximate surface area is 465 Å². The van der Waals surface area contributed by atoms with Gasteiger partial charge in [-0.05, 0) is 101 Å². The van der Waals surface area contributed by atoms with Crippen molar-refractivity contribution in [2.75, 3.05) is 27.7 Å². The number of hydrogen-bond acceptors (Lipinski definition) is 16. The minimum absolute atomic E-state index is 0.0915. The van der Waals surface area contributed by atoms with E-state index in [0.29, 0.717) is 24.2 Å². The van der Waals surface area contributed by atoms with Crippen LogP contribution in [0.4, 0.5) is 0 Å². The molecule has 442 valence electrons. The average molecular weight is 1110 g/mol. The maximum atomic E-state index is 15.0. The monoisotopic (exact) mass is 1110 g/mol. The summed E-state index contributed by atoms with van der Waals surface area (Å²) in [7, 11) is 4.31. The van der Waals surface area contributed by atoms with Gasteiger partial charge in [0.15, 0.2) is 17.7 Å². The largest absolute Gasteiger partial charge is 0.497 e. The third-order valence-corrected chi connectivity index (χ3v) is 15.5. The number of aliphatic hydroxyl groups excluding tert-OH is 2. The number of Topliss-reactive ketones (excluding diaryl/α,β-unsaturated/α-hetero) is 2. The Morgan fingerprint density at radius 2 is 1.49 bits per heavy atom. The van der Waals surface area contributed by atoms with E-state index in [1.54, 1.807) is 52.0 Å². The number of ether oxygens (including phenoxy) is 3. The van der Waals surface area contributed by atoms with Crippen molar-refractivity contribution in [2.45, 2.75) is 207 Å². The summed E-state index contributed by atoms with van der Waals surface area (Å²) >= 11 is 0. The van der Waals surface area contributed by atoms with Gasteiger partial charge in [0, 0.05) is 27.1 Å². The number of esters is 2. The first-order valence-corrected chi connectivity index (χ1v) is 28.0. The summed E-state index contributed by atoms with van der Waals surface area (Å²) in [5, 5.41) is 33.0. The standard InChI is InChI=1S/C57H89N7O15/c1-15-32(8)46-44(66)28-45(67)79-50(31(6)7)48(68)33(9)51(70)59-40(25-29(2)3)55(74)64-24-16-17-41(64)56(75)63(13)43(27-36-18-20-37(77-14)21-19-36)57(76)78-35(11)47(53(72)60-46)61-52(71)42(26-30(4)5)62(12)54(73)39-23-22-38(58-39)49(69)34(10)65/h18-21,29-35,38-44,46-47,50,58,65-66H,15-17,22-28H2,1-14H3,(H,59,70)(H,60,72)(H,61,71)/t32-,33-,34+,35+,38?,39-,40-,41-,42+,43-,44-,46+,47-,50-/m0/s1. The predicted molar refractivity (Wildman–Crippen MR) is 290 cm³/mol. The van der Waals surface area contributed by atoms with Crippen LogP contribution in [0.1, 0.15) is 133 Å². The zero-order valence-electron chi connectivity index (χ0n) is 48.7. The maximum absolute atomic E-state index is 15.0. The molecule has 3 aliphatic rings. The van der Waals surface area contributed by atoms with Crippen LogP contribution in [-0.4, -0.2) is 184 Å². The number of methoxy groups -OCH3 is 1. The Morgan fingerprint density at radius 3 is 2.06 bits per heavy atom. The molecule has 3 saturated heterocycles. The normalized spacial score (nSPS) is 28.6. The van der Waals surface area contributed by atoms with E-state index in [1.807, 2.05) is 27.7 Å². The Kier molecular flexibility index (Phi) is 24.4. The van der Waals surface area contributed by atoms with Crippen molar-refractivity contribution in [3.8, 4) is 5.75 Å². The zero-order valence-corrected chi connectivity index (χ0v) is 48.7. The predicted octanol–water partition coefficient (Wildman–Crippen LogP) is 2.02. The van der Waals surface area contributed by atoms with Crippen LogP contribution in [-0.2, 0) is 63.8 Å². The Bertz CT molecular complexity index is 2330. The first-order valence-electron chi connectivity index (χ1n) is 28.0. The maximum Gasteiger partial charge on any atom is 0.329 e. The number of fused-ring (bicyclic) bond motifs is 1. The molecule has 0 saturated carbocycles. The minimum atomic E-state index is -1.75. The van der Waals surface area contributed by atoms with E-state index < -0.39 is 156 Å². The van der Waals surface area contributed by atoms with Crippen LogP contribution in [0.3, 0.4) is 0 Å². The van der Waals surface area contributed by atoms with Gasteiger partial charge in [0.1, 0.15) is 48.2 Å². The van der Waals surface area contributed by atoms with Gasteiger partial charge in [-0.1, -0.05) is 73.9 Å². The van der Waals surface area contributed by atoms with E-state index in [-0.39, 0.29) is 56.9 Å². The van der Waals surface area contributed by atoms with Crippen LogP contribution in [0, 0.1) is 29.6 Å². The van der Waals surface area contributed by atoms with Gasteiger partial charge < -0.3 is 55.1 Å². The number of benzene rings is 1. The summed E-state index contributed by atoms with van der Waals surface area (Å²) in [6.07, 6.45) is -5.07. The number of nitrogens with zero attached hydrogens (tertiary/aromatic N) is 3. The number of aliphatic hydroxyl groups is 2. The van der Waals surface area contributed by atoms with E-state index in [2.05, 4.69) is 21.3 Å². The number of nitrogens with one attached hydrogen (secondary N) is 4. The van der Waals surface area contributed by atoms with Gasteiger partial charge in [-0.3, -0.25) is 48.5 Å². The molecule has 1 aromatic rings. The summed E-state index contributed by atoms with van der Waals surface area (Å²) in [5.41, 5.74) is 0.573. The molecule has 22 nitrogen and oxygen atoms in total. The molecule has 6 amide bonds. The summed E-state index contributed by atoms with van der Waals surface area (Å²) < 4.78 is 17.2. The smallest absolute Gasteiger partial charge is 0.329 e. The average Bonchev–Trinajstić information content (AvgIpc) is 4.15. The third kappa shape index (κ3) is 17.3. The van der Waals surface area contributed by atoms with Crippen molar-refractivity contribution < 1.29 is 72.4 Å². The number of hydrogen-bond donors (Lipinski definition) is 6. The topological polar surface area (TPSA) is 297 Å². The molecule has 22 heteroatoms. The molecule has 0 aliphatic carbocycles. The fraction of sp³-hybridized carbons (Fsp3) is 0.719. The molecular weight excluding hydrogens is 1020 g/mol. The lowest BCUT2D eigenvalue weighted by Crippen LogP contribution is -2.62. The van der Waals surface area contributed by atoms with Crippen molar-refractivity contribution >= 4 is 58.9 Å². The van der Waals surface area contributed by atoms with E-state index in [1.165, 1.54) is 56.7 Å². The molecule has 4 rings (SSSR count). The van der Waals surface area contributed by atoms with Crippen molar-refractivity contribution in [3.05, 3.63) is 29.8 Å². The van der Waals surface area contributed by atoms with Crippen LogP contribution >= 0.6 is 0 Å². The van der Waals surface area contributed by atoms with Gasteiger partial charge in [-0.25, -0.2) is 4.79 Å². The molecule has 3 fully saturated rings. The summed E-state index contributed by atoms with van der Waals surface area (Å²) in [6.45, 7) is 18.3. The molecule has 0 bridgehead atoms. The lowest BCUT2D eigenvalue weighted by molar-refractivity contribution is -0.163. The second-order valence-corrected chi connectivity index (χ2v) is 23.0. The number of carbonyl (C=O) groups excluding carboxylic acids is 10. The number of carbonyl (C=O) groups is 10. The van der Waals surface area contributed by atoms with Crippen LogP contribution in [0.5, 0.6) is 5.75 Å². The molecule has 79 heavy (non-hydrogen) atoms. The lowest BCUT2D eigenvalue weighted by atomic mass is 9.91. The van der Waals surface area contributed by atoms with Gasteiger partial charge in [-0.2, -0.15) is 0 Å². The molecule has 6 N–H and O–H groups in total. The summed E-state index contributed by atoms with van der Waals surface area (Å²) in [5.74, 6) is -9.99. The van der Waals surface area contributed by atoms with E-state index in [0.717, 1.165) is 0 Å². The minimum Gasteiger partial charge on any atom is -0.497 e. The number of amides is 6. The molecule has 0 spiro atoms. The second kappa shape index (κ2) is 29.5. The molecule has 1 unspecified atom stereocenters. The van der Waals surface area contributed by atoms with Gasteiger partial charge >= 0.3 is 11.9 Å². The highest BCUT2D eigenvalue weighted by Crippen LogP contribution is 2.27. The van der Waals surface area contributed by atoms with E-state index in [4.69, 9.17) is 14.2 Å². The fourth-order valence-electron chi connectivity index (χ4n) is 10.5. The van der Waals surface area contributed by atoms with Crippen molar-refractivity contribution in [1.82, 2.24) is 36.0 Å². The van der Waals surface area contributed by atoms with Gasteiger partial charge in [0.05, 0.1) is 43.7 Å². The number of likely N-dealkylation sites (N-methyl/N-ethyl adjacent to an activating group) is 2. The van der Waals surface area contributed by atoms with Crippen LogP contribution in [0.25, 0.3) is 0 Å². The second-order valence-electron chi connectivity index (χ2n) is 23.0. The van der Waals surface area contributed by atoms with Crippen molar-refractivity contribution in [2.24, 2.45) is 29.6 Å². The fourth-order valence-corrected chi connectivity index (χ4v) is 10.5. The highest BCUT2D eigenvalue weighted by atomic mass is 16.6. The molecule has 14 atom stereocenters. The van der Waals surface area contributed by atoms with Gasteiger partial charge in [0.2, 0.25) is 35.4 Å². The highest BCUT2D eigenvalue weighted by molar-refractivity contribution is 6.05. The molecule has 0 aromatic heterocycles. The number of ketones is 2. The molecule has 1 aromatic carbocycles. The highest BCUT2D eigenvalue weighted by Gasteiger charge is 2.46. The Balaban J connectivity index is 1.87. The van der Waals surface area contributed by atoms with Crippen LogP contribution in [0.2, 0.25) is 0 Å². The molecular formula is C57H89N7O15. The Morgan fingerprint density at radius 1 is 0.861 bits per heavy atom. The summed E-state index contributed by atoms with van der Waals surface area (Å²) in [4.78, 5) is 147. The SMILES string of the molecule is CC[C@H](C)[C@H]1NC(=O)[C@@H](NC(=O)[C@@H](CC(C)C)N(C)C(=O)[C@@H]2CCC(C(=O)[C@@H](C)O)N2)[C@@H](C)OC(=O)[C@H](Cc2ccc(OC)cc2)N(C)C(=O)[C@@H]2CCCN2C(=O)[C@H](CC(C)C)NC(=O)[C@@H](C)C(=O)[C@H](C(C)C)OC(=O)C[C@@H]1O. The first kappa shape index (κ1) is 65.5. The number of rotatable bonds is 16. The summed E-state index contributed by atoms with van der Waals surface area (Å²) in [6, 6.07) is -2.81. The van der Waals surface area contributed by atoms with Crippen LogP contribution in [0.15, 0.2) is 24.3 Å². The van der Waals surface area contributed by atoms with Crippen LogP contribution < -0.4 is 26.0 Å². The van der Waals surface area contributed by atoms with Gasteiger partial charge in [-0.15, -0.1) is 0 Å². The lowest BCUT2D eigenvalue weighted by Gasteiger charge is -2.36. The molecule has 3 aliphatic heterocycles. The quantitative estimate of drug-likeness (QED) is 0.102. The Hall–Kier alpha value is -6.00. The molecule has 3 heterocycles. The van der Waals surface area contributed by atoms with E-state index >= 15 is 0 Å². The molecule has 0 radical (unpaired) electrons. The first-order chi connectivity index (χ1) is 37.0.